The van der Waals surface area contributed by atoms with Gasteiger partial charge in [0.05, 0.1) is 12.9 Å². The lowest BCUT2D eigenvalue weighted by molar-refractivity contribution is 0.102. The van der Waals surface area contributed by atoms with Gasteiger partial charge in [-0.05, 0) is 42.3 Å². The molecule has 0 fully saturated rings. The van der Waals surface area contributed by atoms with Gasteiger partial charge < -0.3 is 4.74 Å². The van der Waals surface area contributed by atoms with Crippen molar-refractivity contribution >= 4 is 17.5 Å². The van der Waals surface area contributed by atoms with Crippen LogP contribution in [0.25, 0.3) is 0 Å². The Hall–Kier alpha value is -1.74. The Bertz CT molecular complexity index is 576. The lowest BCUT2D eigenvalue weighted by atomic mass is 10.1. The molecule has 3 heteroatoms. The third-order valence-electron chi connectivity index (χ3n) is 3.16. The Morgan fingerprint density at radius 1 is 1.10 bits per heavy atom. The highest BCUT2D eigenvalue weighted by Gasteiger charge is 2.06. The van der Waals surface area contributed by atoms with Crippen LogP contribution in [0.5, 0.6) is 5.75 Å². The molecule has 0 heterocycles. The number of hydrogen-bond donors (Lipinski definition) is 0. The van der Waals surface area contributed by atoms with E-state index in [0.717, 1.165) is 17.1 Å². The lowest BCUT2D eigenvalue weighted by Crippen LogP contribution is -2.02. The van der Waals surface area contributed by atoms with E-state index in [-0.39, 0.29) is 5.78 Å². The zero-order valence-electron chi connectivity index (χ0n) is 11.8. The van der Waals surface area contributed by atoms with Crippen LogP contribution in [-0.2, 0) is 5.75 Å². The Kier molecular flexibility index (Phi) is 5.24. The number of carbonyl (C=O) groups excluding carboxylic acids is 1. The molecule has 0 aromatic heterocycles. The molecule has 0 unspecified atom stereocenters. The molecule has 2 aromatic carbocycles. The third-order valence-corrected chi connectivity index (χ3v) is 4.15. The van der Waals surface area contributed by atoms with Crippen molar-refractivity contribution in [2.24, 2.45) is 0 Å². The van der Waals surface area contributed by atoms with E-state index in [4.69, 9.17) is 4.74 Å². The minimum Gasteiger partial charge on any atom is -0.497 e. The molecule has 2 aromatic rings. The summed E-state index contributed by atoms with van der Waals surface area (Å²) in [6.45, 7) is 2.10. The van der Waals surface area contributed by atoms with Gasteiger partial charge in [-0.25, -0.2) is 0 Å². The second-order valence-corrected chi connectivity index (χ2v) is 5.56. The summed E-state index contributed by atoms with van der Waals surface area (Å²) in [7, 11) is 1.62. The molecule has 0 saturated heterocycles. The van der Waals surface area contributed by atoms with E-state index in [1.807, 2.05) is 36.4 Å². The van der Waals surface area contributed by atoms with E-state index < -0.39 is 0 Å². The maximum atomic E-state index is 12.1. The Labute approximate surface area is 124 Å². The van der Waals surface area contributed by atoms with Crippen LogP contribution in [0.15, 0.2) is 48.5 Å². The fraction of sp³-hybridized carbons (Fsp3) is 0.235. The standard InChI is InChI=1S/C17H18O2S/c1-13-5-3-4-6-15(13)11-20-12-17(18)14-7-9-16(19-2)10-8-14/h3-10H,11-12H2,1-2H3. The van der Waals surface area contributed by atoms with Gasteiger partial charge in [-0.3, -0.25) is 4.79 Å². The SMILES string of the molecule is COc1ccc(C(=O)CSCc2ccccc2C)cc1. The summed E-state index contributed by atoms with van der Waals surface area (Å²) in [4.78, 5) is 12.1. The molecule has 0 saturated carbocycles. The van der Waals surface area contributed by atoms with E-state index in [9.17, 15) is 4.79 Å². The Morgan fingerprint density at radius 2 is 1.80 bits per heavy atom. The van der Waals surface area contributed by atoms with E-state index in [1.54, 1.807) is 18.9 Å². The van der Waals surface area contributed by atoms with Gasteiger partial charge in [-0.2, -0.15) is 0 Å². The van der Waals surface area contributed by atoms with Crippen molar-refractivity contribution in [2.45, 2.75) is 12.7 Å². The van der Waals surface area contributed by atoms with Crippen LogP contribution in [0.2, 0.25) is 0 Å². The van der Waals surface area contributed by atoms with Gasteiger partial charge in [0.1, 0.15) is 5.75 Å². The number of aryl methyl sites for hydroxylation is 1. The van der Waals surface area contributed by atoms with Crippen LogP contribution in [0.3, 0.4) is 0 Å². The number of rotatable bonds is 6. The first-order valence-electron chi connectivity index (χ1n) is 6.50. The maximum absolute atomic E-state index is 12.1. The van der Waals surface area contributed by atoms with Gasteiger partial charge in [0.15, 0.2) is 5.78 Å². The van der Waals surface area contributed by atoms with Gasteiger partial charge in [0, 0.05) is 11.3 Å². The maximum Gasteiger partial charge on any atom is 0.172 e. The molecule has 0 spiro atoms. The fourth-order valence-electron chi connectivity index (χ4n) is 1.89. The van der Waals surface area contributed by atoms with Crippen molar-refractivity contribution in [3.05, 3.63) is 65.2 Å². The molecular formula is C17H18O2S. The summed E-state index contributed by atoms with van der Waals surface area (Å²) in [6, 6.07) is 15.5. The highest BCUT2D eigenvalue weighted by atomic mass is 32.2. The lowest BCUT2D eigenvalue weighted by Gasteiger charge is -2.05. The van der Waals surface area contributed by atoms with Crippen LogP contribution in [0.4, 0.5) is 0 Å². The highest BCUT2D eigenvalue weighted by Crippen LogP contribution is 2.18. The summed E-state index contributed by atoms with van der Waals surface area (Å²) in [6.07, 6.45) is 0. The van der Waals surface area contributed by atoms with E-state index in [0.29, 0.717) is 5.75 Å². The average molecular weight is 286 g/mol. The largest absolute Gasteiger partial charge is 0.497 e. The number of Topliss-reactive ketones (excluding diaryl/α,β-unsaturated/α-hetero) is 1. The first-order chi connectivity index (χ1) is 9.70. The van der Waals surface area contributed by atoms with Crippen LogP contribution >= 0.6 is 11.8 Å². The number of hydrogen-bond acceptors (Lipinski definition) is 3. The predicted molar refractivity (Wildman–Crippen MR) is 84.7 cm³/mol. The molecule has 0 N–H and O–H groups in total. The topological polar surface area (TPSA) is 26.3 Å². The molecule has 0 bridgehead atoms. The number of methoxy groups -OCH3 is 1. The molecule has 0 aliphatic carbocycles. The molecule has 0 radical (unpaired) electrons. The van der Waals surface area contributed by atoms with Crippen molar-refractivity contribution in [2.75, 3.05) is 12.9 Å². The van der Waals surface area contributed by atoms with Crippen LogP contribution in [-0.4, -0.2) is 18.6 Å². The summed E-state index contributed by atoms with van der Waals surface area (Å²) >= 11 is 1.65. The highest BCUT2D eigenvalue weighted by molar-refractivity contribution is 7.99. The first-order valence-corrected chi connectivity index (χ1v) is 7.65. The molecule has 0 amide bonds. The van der Waals surface area contributed by atoms with E-state index >= 15 is 0 Å². The minimum atomic E-state index is 0.159. The molecule has 0 aliphatic heterocycles. The fourth-order valence-corrected chi connectivity index (χ4v) is 2.88. The second kappa shape index (κ2) is 7.15. The summed E-state index contributed by atoms with van der Waals surface area (Å²) in [5.74, 6) is 2.30. The van der Waals surface area contributed by atoms with Gasteiger partial charge in [0.25, 0.3) is 0 Å². The number of carbonyl (C=O) groups is 1. The third kappa shape index (κ3) is 3.87. The predicted octanol–water partition coefficient (Wildman–Crippen LogP) is 4.12. The molecule has 0 atom stereocenters. The van der Waals surface area contributed by atoms with Gasteiger partial charge in [-0.15, -0.1) is 11.8 Å². The zero-order chi connectivity index (χ0) is 14.4. The van der Waals surface area contributed by atoms with Gasteiger partial charge in [-0.1, -0.05) is 24.3 Å². The minimum absolute atomic E-state index is 0.159. The number of thioether (sulfide) groups is 1. The Balaban J connectivity index is 1.87. The first kappa shape index (κ1) is 14.7. The van der Waals surface area contributed by atoms with Crippen molar-refractivity contribution < 1.29 is 9.53 Å². The number of ketones is 1. The summed E-state index contributed by atoms with van der Waals surface area (Å²) in [5, 5.41) is 0. The normalized spacial score (nSPS) is 10.3. The smallest absolute Gasteiger partial charge is 0.172 e. The van der Waals surface area contributed by atoms with Gasteiger partial charge >= 0.3 is 0 Å². The summed E-state index contributed by atoms with van der Waals surface area (Å²) < 4.78 is 5.08. The Morgan fingerprint density at radius 3 is 2.45 bits per heavy atom. The van der Waals surface area contributed by atoms with E-state index in [2.05, 4.69) is 19.1 Å². The number of benzene rings is 2. The van der Waals surface area contributed by atoms with E-state index in [1.165, 1.54) is 11.1 Å². The van der Waals surface area contributed by atoms with Gasteiger partial charge in [0.2, 0.25) is 0 Å². The zero-order valence-corrected chi connectivity index (χ0v) is 12.6. The molecule has 2 rings (SSSR count). The molecule has 104 valence electrons. The monoisotopic (exact) mass is 286 g/mol. The van der Waals surface area contributed by atoms with Crippen molar-refractivity contribution in [3.8, 4) is 5.75 Å². The quantitative estimate of drug-likeness (QED) is 0.747. The summed E-state index contributed by atoms with van der Waals surface area (Å²) in [5.41, 5.74) is 3.31. The molecule has 2 nitrogen and oxygen atoms in total. The van der Waals surface area contributed by atoms with Crippen LogP contribution < -0.4 is 4.74 Å². The van der Waals surface area contributed by atoms with Crippen molar-refractivity contribution in [1.82, 2.24) is 0 Å². The van der Waals surface area contributed by atoms with Crippen LogP contribution in [0.1, 0.15) is 21.5 Å². The molecule has 0 aliphatic rings. The van der Waals surface area contributed by atoms with Crippen molar-refractivity contribution in [1.29, 1.82) is 0 Å². The molecular weight excluding hydrogens is 268 g/mol. The van der Waals surface area contributed by atoms with Crippen LogP contribution in [0, 0.1) is 6.92 Å². The molecule has 20 heavy (non-hydrogen) atoms. The second-order valence-electron chi connectivity index (χ2n) is 4.57. The van der Waals surface area contributed by atoms with Crippen molar-refractivity contribution in [3.63, 3.8) is 0 Å². The average Bonchev–Trinajstić information content (AvgIpc) is 2.49. The number of ether oxygens (including phenoxy) is 1.